The molecule has 0 atom stereocenters. The predicted molar refractivity (Wildman–Crippen MR) is 64.7 cm³/mol. The van der Waals surface area contributed by atoms with Crippen LogP contribution in [0.4, 0.5) is 0 Å². The van der Waals surface area contributed by atoms with Gasteiger partial charge in [0, 0.05) is 24.2 Å². The van der Waals surface area contributed by atoms with Gasteiger partial charge in [-0.05, 0) is 30.3 Å². The molecule has 0 aromatic carbocycles. The Bertz CT molecular complexity index is 719. The third-order valence-electron chi connectivity index (χ3n) is 2.57. The molecule has 3 rings (SSSR count). The Balaban J connectivity index is 2.30. The Morgan fingerprint density at radius 1 is 1.06 bits per heavy atom. The third kappa shape index (κ3) is 1.69. The molecule has 0 spiro atoms. The van der Waals surface area contributed by atoms with Crippen molar-refractivity contribution in [1.29, 1.82) is 0 Å². The van der Waals surface area contributed by atoms with Crippen LogP contribution in [-0.4, -0.2) is 14.4 Å². The van der Waals surface area contributed by atoms with E-state index >= 15 is 0 Å². The van der Waals surface area contributed by atoms with E-state index in [0.717, 1.165) is 11.1 Å². The van der Waals surface area contributed by atoms with E-state index in [9.17, 15) is 4.79 Å². The summed E-state index contributed by atoms with van der Waals surface area (Å²) in [6.45, 7) is 0. The van der Waals surface area contributed by atoms with Crippen LogP contribution in [0.5, 0.6) is 0 Å². The van der Waals surface area contributed by atoms with Crippen LogP contribution in [0.3, 0.4) is 0 Å². The first kappa shape index (κ1) is 9.72. The summed E-state index contributed by atoms with van der Waals surface area (Å²) in [6, 6.07) is 11.1. The van der Waals surface area contributed by atoms with Gasteiger partial charge in [0.05, 0.1) is 11.2 Å². The number of rotatable bonds is 1. The van der Waals surface area contributed by atoms with Crippen LogP contribution in [-0.2, 0) is 0 Å². The van der Waals surface area contributed by atoms with Gasteiger partial charge in [0.2, 0.25) is 0 Å². The highest BCUT2D eigenvalue weighted by atomic mass is 16.1. The zero-order valence-electron chi connectivity index (χ0n) is 8.95. The fourth-order valence-electron chi connectivity index (χ4n) is 1.75. The molecule has 0 fully saturated rings. The molecule has 0 aliphatic rings. The van der Waals surface area contributed by atoms with Crippen LogP contribution in [0.1, 0.15) is 0 Å². The minimum Gasteiger partial charge on any atom is -0.268 e. The highest BCUT2D eigenvalue weighted by Crippen LogP contribution is 2.15. The molecule has 4 nitrogen and oxygen atoms in total. The number of fused-ring (bicyclic) bond motifs is 1. The van der Waals surface area contributed by atoms with Crippen LogP contribution >= 0.6 is 0 Å². The van der Waals surface area contributed by atoms with Crippen molar-refractivity contribution in [2.75, 3.05) is 0 Å². The number of aromatic nitrogens is 3. The maximum Gasteiger partial charge on any atom is 0.352 e. The van der Waals surface area contributed by atoms with E-state index in [1.54, 1.807) is 18.6 Å². The molecular formula is C13H9N3O. The van der Waals surface area contributed by atoms with Gasteiger partial charge in [-0.3, -0.25) is 9.38 Å². The lowest BCUT2D eigenvalue weighted by atomic mass is 10.2. The van der Waals surface area contributed by atoms with Gasteiger partial charge in [-0.25, -0.2) is 4.79 Å². The summed E-state index contributed by atoms with van der Waals surface area (Å²) in [7, 11) is 0. The molecule has 0 amide bonds. The van der Waals surface area contributed by atoms with Gasteiger partial charge in [-0.15, -0.1) is 0 Å². The normalized spacial score (nSPS) is 10.6. The Hall–Kier alpha value is -2.49. The minimum absolute atomic E-state index is 0.269. The van der Waals surface area contributed by atoms with Gasteiger partial charge in [0.25, 0.3) is 0 Å². The number of nitrogens with zero attached hydrogens (tertiary/aromatic N) is 3. The molecule has 0 bridgehead atoms. The van der Waals surface area contributed by atoms with Crippen molar-refractivity contribution in [2.24, 2.45) is 0 Å². The maximum absolute atomic E-state index is 11.8. The first-order chi connectivity index (χ1) is 8.34. The maximum atomic E-state index is 11.8. The minimum atomic E-state index is -0.269. The Morgan fingerprint density at radius 3 is 2.71 bits per heavy atom. The fourth-order valence-corrected chi connectivity index (χ4v) is 1.75. The molecule has 3 heterocycles. The molecule has 0 unspecified atom stereocenters. The average molecular weight is 223 g/mol. The van der Waals surface area contributed by atoms with Gasteiger partial charge >= 0.3 is 5.69 Å². The van der Waals surface area contributed by atoms with Crippen molar-refractivity contribution >= 4 is 5.52 Å². The van der Waals surface area contributed by atoms with Crippen molar-refractivity contribution in [3.63, 3.8) is 0 Å². The van der Waals surface area contributed by atoms with Crippen LogP contribution < -0.4 is 5.69 Å². The molecule has 3 aromatic heterocycles. The molecule has 17 heavy (non-hydrogen) atoms. The molecule has 0 aliphatic heterocycles. The zero-order valence-corrected chi connectivity index (χ0v) is 8.95. The van der Waals surface area contributed by atoms with Crippen LogP contribution in [0.25, 0.3) is 16.8 Å². The smallest absolute Gasteiger partial charge is 0.268 e. The summed E-state index contributed by atoms with van der Waals surface area (Å²) in [6.07, 6.45) is 5.08. The number of pyridine rings is 2. The summed E-state index contributed by atoms with van der Waals surface area (Å²) < 4.78 is 1.52. The second-order valence-electron chi connectivity index (χ2n) is 3.66. The second-order valence-corrected chi connectivity index (χ2v) is 3.66. The lowest BCUT2D eigenvalue weighted by molar-refractivity contribution is 0.997. The first-order valence-electron chi connectivity index (χ1n) is 5.23. The number of hydrogen-bond acceptors (Lipinski definition) is 3. The zero-order chi connectivity index (χ0) is 11.7. The van der Waals surface area contributed by atoms with E-state index in [2.05, 4.69) is 9.97 Å². The van der Waals surface area contributed by atoms with Crippen LogP contribution in [0.2, 0.25) is 0 Å². The summed E-state index contributed by atoms with van der Waals surface area (Å²) in [5, 5.41) is 0. The molecule has 0 radical (unpaired) electrons. The second kappa shape index (κ2) is 3.83. The largest absolute Gasteiger partial charge is 0.352 e. The van der Waals surface area contributed by atoms with E-state index in [1.807, 2.05) is 36.4 Å². The number of hydrogen-bond donors (Lipinski definition) is 0. The van der Waals surface area contributed by atoms with Crippen LogP contribution in [0.15, 0.2) is 59.8 Å². The van der Waals surface area contributed by atoms with Gasteiger partial charge in [-0.1, -0.05) is 6.07 Å². The van der Waals surface area contributed by atoms with Crippen molar-refractivity contribution in [3.8, 4) is 11.3 Å². The molecule has 4 heteroatoms. The van der Waals surface area contributed by atoms with Gasteiger partial charge in [0.1, 0.15) is 0 Å². The van der Waals surface area contributed by atoms with E-state index in [0.29, 0.717) is 5.69 Å². The van der Waals surface area contributed by atoms with Crippen molar-refractivity contribution < 1.29 is 0 Å². The Morgan fingerprint density at radius 2 is 1.88 bits per heavy atom. The van der Waals surface area contributed by atoms with Gasteiger partial charge < -0.3 is 0 Å². The fraction of sp³-hybridized carbons (Fsp3) is 0. The highest BCUT2D eigenvalue weighted by molar-refractivity contribution is 5.64. The Kier molecular flexibility index (Phi) is 2.19. The quantitative estimate of drug-likeness (QED) is 0.631. The molecule has 82 valence electrons. The Labute approximate surface area is 97.2 Å². The molecule has 0 N–H and O–H groups in total. The molecule has 3 aromatic rings. The topological polar surface area (TPSA) is 47.3 Å². The summed E-state index contributed by atoms with van der Waals surface area (Å²) in [5.41, 5.74) is 2.13. The van der Waals surface area contributed by atoms with Gasteiger partial charge in [-0.2, -0.15) is 4.98 Å². The van der Waals surface area contributed by atoms with Crippen molar-refractivity contribution in [3.05, 3.63) is 65.5 Å². The molecule has 0 saturated carbocycles. The summed E-state index contributed by atoms with van der Waals surface area (Å²) in [5.74, 6) is 0. The summed E-state index contributed by atoms with van der Waals surface area (Å²) >= 11 is 0. The standard InChI is InChI=1S/C13H9N3O/c17-13-15-12(10-4-6-14-7-5-10)9-11-3-1-2-8-16(11)13/h1-9H. The lowest BCUT2D eigenvalue weighted by Gasteiger charge is -2.03. The van der Waals surface area contributed by atoms with E-state index in [-0.39, 0.29) is 5.69 Å². The van der Waals surface area contributed by atoms with Crippen molar-refractivity contribution in [2.45, 2.75) is 0 Å². The molecule has 0 saturated heterocycles. The third-order valence-corrected chi connectivity index (χ3v) is 2.57. The SMILES string of the molecule is O=c1nc(-c2ccncc2)cc2ccccn12. The van der Waals surface area contributed by atoms with E-state index in [1.165, 1.54) is 4.40 Å². The van der Waals surface area contributed by atoms with E-state index in [4.69, 9.17) is 0 Å². The van der Waals surface area contributed by atoms with Gasteiger partial charge in [0.15, 0.2) is 0 Å². The molecular weight excluding hydrogens is 214 g/mol. The highest BCUT2D eigenvalue weighted by Gasteiger charge is 2.03. The lowest BCUT2D eigenvalue weighted by Crippen LogP contribution is -2.16. The predicted octanol–water partition coefficient (Wildman–Crippen LogP) is 1.76. The van der Waals surface area contributed by atoms with Crippen LogP contribution in [0, 0.1) is 0 Å². The van der Waals surface area contributed by atoms with E-state index < -0.39 is 0 Å². The molecule has 0 aliphatic carbocycles. The summed E-state index contributed by atoms with van der Waals surface area (Å²) in [4.78, 5) is 19.8. The average Bonchev–Trinajstić information content (AvgIpc) is 2.40. The van der Waals surface area contributed by atoms with Crippen molar-refractivity contribution in [1.82, 2.24) is 14.4 Å². The monoisotopic (exact) mass is 223 g/mol. The first-order valence-corrected chi connectivity index (χ1v) is 5.23.